The molecule has 1 fully saturated rings. The predicted molar refractivity (Wildman–Crippen MR) is 180 cm³/mol. The standard InChI is InChI=1S/C33H62N4OS2/c1-9-11-13-15-17-19-21-39-35-26-34(27-36(28-35)40-22-20-18-16-14-12-10-2)37(38)31-24-29(32(3,4)5)23-30(25-31)33(6,7)8/h23-25,38H,9-22,26-28H2,1-8H3. The Morgan fingerprint density at radius 2 is 1.02 bits per heavy atom. The molecule has 40 heavy (non-hydrogen) atoms. The number of benzene rings is 1. The van der Waals surface area contributed by atoms with Gasteiger partial charge in [0.1, 0.15) is 0 Å². The number of anilines is 1. The summed E-state index contributed by atoms with van der Waals surface area (Å²) in [4.78, 5) is 0. The molecule has 1 N–H and O–H groups in total. The molecule has 0 saturated carbocycles. The summed E-state index contributed by atoms with van der Waals surface area (Å²) in [5, 5.41) is 15.2. The molecule has 232 valence electrons. The van der Waals surface area contributed by atoms with Crippen molar-refractivity contribution in [2.45, 2.75) is 143 Å². The Morgan fingerprint density at radius 1 is 0.625 bits per heavy atom. The van der Waals surface area contributed by atoms with Crippen LogP contribution in [-0.2, 0) is 10.8 Å². The van der Waals surface area contributed by atoms with Crippen molar-refractivity contribution in [2.24, 2.45) is 0 Å². The van der Waals surface area contributed by atoms with E-state index < -0.39 is 0 Å². The summed E-state index contributed by atoms with van der Waals surface area (Å²) >= 11 is 3.90. The van der Waals surface area contributed by atoms with Crippen molar-refractivity contribution in [2.75, 3.05) is 36.7 Å². The highest BCUT2D eigenvalue weighted by Gasteiger charge is 2.30. The molecule has 1 aromatic rings. The van der Waals surface area contributed by atoms with Crippen LogP contribution < -0.4 is 5.17 Å². The molecule has 1 heterocycles. The third kappa shape index (κ3) is 13.2. The van der Waals surface area contributed by atoms with E-state index in [9.17, 15) is 5.21 Å². The zero-order valence-electron chi connectivity index (χ0n) is 27.3. The summed E-state index contributed by atoms with van der Waals surface area (Å²) in [6.07, 6.45) is 15.9. The quantitative estimate of drug-likeness (QED) is 0.103. The molecule has 0 spiro atoms. The topological polar surface area (TPSA) is 33.2 Å². The molecule has 0 aromatic heterocycles. The predicted octanol–water partition coefficient (Wildman–Crippen LogP) is 10.2. The lowest BCUT2D eigenvalue weighted by molar-refractivity contribution is -0.0174. The molecule has 5 nitrogen and oxygen atoms in total. The number of hydrogen-bond donors (Lipinski definition) is 1. The molecular formula is C33H62N4OS2. The maximum atomic E-state index is 11.6. The van der Waals surface area contributed by atoms with Gasteiger partial charge in [0.15, 0.2) is 0 Å². The molecule has 0 aliphatic carbocycles. The van der Waals surface area contributed by atoms with Gasteiger partial charge in [-0.1, -0.05) is 150 Å². The number of hydrogen-bond acceptors (Lipinski definition) is 7. The van der Waals surface area contributed by atoms with E-state index in [1.54, 1.807) is 0 Å². The number of unbranched alkanes of at least 4 members (excludes halogenated alkanes) is 10. The molecule has 0 amide bonds. The molecule has 0 unspecified atom stereocenters. The van der Waals surface area contributed by atoms with Crippen LogP contribution in [0.1, 0.15) is 144 Å². The van der Waals surface area contributed by atoms with E-state index in [4.69, 9.17) is 0 Å². The maximum Gasteiger partial charge on any atom is 0.0846 e. The highest BCUT2D eigenvalue weighted by Crippen LogP contribution is 2.34. The van der Waals surface area contributed by atoms with Crippen molar-refractivity contribution in [3.05, 3.63) is 29.3 Å². The minimum atomic E-state index is 0.0107. The normalized spacial score (nSPS) is 16.1. The van der Waals surface area contributed by atoms with Crippen LogP contribution in [0.4, 0.5) is 5.69 Å². The first-order chi connectivity index (χ1) is 19.0. The van der Waals surface area contributed by atoms with Gasteiger partial charge >= 0.3 is 0 Å². The fraction of sp³-hybridized carbons (Fsp3) is 0.818. The van der Waals surface area contributed by atoms with E-state index in [2.05, 4.69) is 87.2 Å². The zero-order valence-corrected chi connectivity index (χ0v) is 28.9. The van der Waals surface area contributed by atoms with Gasteiger partial charge in [-0.05, 0) is 46.9 Å². The monoisotopic (exact) mass is 594 g/mol. The van der Waals surface area contributed by atoms with Crippen molar-refractivity contribution in [1.82, 2.24) is 13.6 Å². The van der Waals surface area contributed by atoms with Crippen molar-refractivity contribution in [1.29, 1.82) is 0 Å². The SMILES string of the molecule is CCCCCCCCSN1CN(SCCCCCCCC)CN(N(O)c2cc(C(C)(C)C)cc(C(C)(C)C)c2)C1. The van der Waals surface area contributed by atoms with E-state index >= 15 is 0 Å². The van der Waals surface area contributed by atoms with Gasteiger partial charge in [-0.25, -0.2) is 8.61 Å². The molecule has 0 radical (unpaired) electrons. The third-order valence-electron chi connectivity index (χ3n) is 7.65. The second-order valence-electron chi connectivity index (χ2n) is 13.7. The average molecular weight is 595 g/mol. The van der Waals surface area contributed by atoms with Crippen LogP contribution in [-0.4, -0.2) is 50.3 Å². The van der Waals surface area contributed by atoms with Crippen LogP contribution in [0.3, 0.4) is 0 Å². The molecular weight excluding hydrogens is 533 g/mol. The van der Waals surface area contributed by atoms with Crippen molar-refractivity contribution in [3.8, 4) is 0 Å². The van der Waals surface area contributed by atoms with Gasteiger partial charge in [-0.3, -0.25) is 5.21 Å². The minimum absolute atomic E-state index is 0.0107. The molecule has 7 heteroatoms. The highest BCUT2D eigenvalue weighted by atomic mass is 32.2. The largest absolute Gasteiger partial charge is 0.273 e. The van der Waals surface area contributed by atoms with E-state index in [1.807, 2.05) is 23.9 Å². The maximum absolute atomic E-state index is 11.6. The fourth-order valence-corrected chi connectivity index (χ4v) is 6.99. The van der Waals surface area contributed by atoms with Crippen molar-refractivity contribution in [3.63, 3.8) is 0 Å². The summed E-state index contributed by atoms with van der Waals surface area (Å²) < 4.78 is 4.87. The minimum Gasteiger partial charge on any atom is -0.273 e. The highest BCUT2D eigenvalue weighted by molar-refractivity contribution is 7.97. The van der Waals surface area contributed by atoms with Gasteiger partial charge in [-0.15, -0.1) is 0 Å². The van der Waals surface area contributed by atoms with Gasteiger partial charge in [0.2, 0.25) is 0 Å². The molecule has 0 atom stereocenters. The van der Waals surface area contributed by atoms with Crippen LogP contribution >= 0.6 is 23.9 Å². The molecule has 1 aliphatic rings. The Kier molecular flexibility index (Phi) is 16.3. The van der Waals surface area contributed by atoms with E-state index in [0.29, 0.717) is 0 Å². The lowest BCUT2D eigenvalue weighted by atomic mass is 9.80. The van der Waals surface area contributed by atoms with Gasteiger partial charge in [0, 0.05) is 11.5 Å². The van der Waals surface area contributed by atoms with Crippen LogP contribution in [0.15, 0.2) is 18.2 Å². The van der Waals surface area contributed by atoms with E-state index in [0.717, 1.165) is 37.2 Å². The smallest absolute Gasteiger partial charge is 0.0846 e. The fourth-order valence-electron chi connectivity index (χ4n) is 4.87. The Balaban J connectivity index is 2.09. The van der Waals surface area contributed by atoms with Gasteiger partial charge in [-0.2, -0.15) is 10.2 Å². The summed E-state index contributed by atoms with van der Waals surface area (Å²) in [7, 11) is 0. The van der Waals surface area contributed by atoms with Gasteiger partial charge in [0.25, 0.3) is 0 Å². The second-order valence-corrected chi connectivity index (χ2v) is 16.0. The molecule has 1 aliphatic heterocycles. The Morgan fingerprint density at radius 3 is 1.43 bits per heavy atom. The van der Waals surface area contributed by atoms with Gasteiger partial charge in [0.05, 0.1) is 25.7 Å². The summed E-state index contributed by atoms with van der Waals surface area (Å²) in [5.74, 6) is 2.30. The van der Waals surface area contributed by atoms with Crippen LogP contribution in [0, 0.1) is 0 Å². The molecule has 2 rings (SSSR count). The van der Waals surface area contributed by atoms with Crippen LogP contribution in [0.5, 0.6) is 0 Å². The third-order valence-corrected chi connectivity index (χ3v) is 9.78. The second kappa shape index (κ2) is 18.3. The number of nitrogens with zero attached hydrogens (tertiary/aromatic N) is 4. The Labute approximate surface area is 257 Å². The first-order valence-electron chi connectivity index (χ1n) is 16.1. The van der Waals surface area contributed by atoms with Crippen LogP contribution in [0.25, 0.3) is 0 Å². The van der Waals surface area contributed by atoms with E-state index in [1.165, 1.54) is 93.3 Å². The summed E-state index contributed by atoms with van der Waals surface area (Å²) in [6, 6.07) is 6.66. The summed E-state index contributed by atoms with van der Waals surface area (Å²) in [5.41, 5.74) is 3.40. The number of rotatable bonds is 18. The molecule has 1 saturated heterocycles. The van der Waals surface area contributed by atoms with Gasteiger partial charge < -0.3 is 0 Å². The Hall–Kier alpha value is -0.440. The lowest BCUT2D eigenvalue weighted by Gasteiger charge is -2.44. The average Bonchev–Trinajstić information content (AvgIpc) is 2.90. The first kappa shape index (κ1) is 35.8. The lowest BCUT2D eigenvalue weighted by Crippen LogP contribution is -2.56. The summed E-state index contributed by atoms with van der Waals surface area (Å²) in [6.45, 7) is 20.4. The number of hydrazine groups is 1. The Bertz CT molecular complexity index is 765. The zero-order chi connectivity index (χ0) is 29.6. The van der Waals surface area contributed by atoms with Crippen molar-refractivity contribution >= 4 is 29.6 Å². The first-order valence-corrected chi connectivity index (χ1v) is 18.0. The molecule has 1 aromatic carbocycles. The molecule has 0 bridgehead atoms. The van der Waals surface area contributed by atoms with Crippen molar-refractivity contribution < 1.29 is 5.21 Å². The van der Waals surface area contributed by atoms with Crippen LogP contribution in [0.2, 0.25) is 0 Å². The van der Waals surface area contributed by atoms with E-state index in [-0.39, 0.29) is 10.8 Å².